The third-order valence-corrected chi connectivity index (χ3v) is 4.55. The van der Waals surface area contributed by atoms with E-state index in [0.29, 0.717) is 19.8 Å². The zero-order valence-corrected chi connectivity index (χ0v) is 12.0. The fourth-order valence-electron chi connectivity index (χ4n) is 3.60. The van der Waals surface area contributed by atoms with Crippen LogP contribution in [0.4, 0.5) is 4.79 Å². The molecule has 1 aliphatic carbocycles. The van der Waals surface area contributed by atoms with E-state index in [1.165, 1.54) is 0 Å². The van der Waals surface area contributed by atoms with Crippen molar-refractivity contribution in [3.8, 4) is 5.75 Å². The Kier molecular flexibility index (Phi) is 2.80. The van der Waals surface area contributed by atoms with E-state index in [-0.39, 0.29) is 11.0 Å². The molecule has 2 aromatic rings. The second kappa shape index (κ2) is 4.61. The molecule has 0 unspecified atom stereocenters. The van der Waals surface area contributed by atoms with E-state index in [1.807, 2.05) is 28.9 Å². The van der Waals surface area contributed by atoms with Crippen molar-refractivity contribution < 1.29 is 19.4 Å². The van der Waals surface area contributed by atoms with Crippen LogP contribution in [0, 0.1) is 5.41 Å². The van der Waals surface area contributed by atoms with Gasteiger partial charge in [-0.05, 0) is 25.0 Å². The van der Waals surface area contributed by atoms with Crippen LogP contribution in [0.15, 0.2) is 30.7 Å². The molecule has 5 rings (SSSR count). The molecule has 4 heterocycles. The molecule has 0 spiro atoms. The molecule has 0 aromatic carbocycles. The predicted octanol–water partition coefficient (Wildman–Crippen LogP) is 1.53. The number of pyridine rings is 1. The minimum Gasteiger partial charge on any atom is -0.491 e. The topological polar surface area (TPSA) is 85.1 Å². The molecule has 2 bridgehead atoms. The smallest absolute Gasteiger partial charge is 0.404 e. The third kappa shape index (κ3) is 2.18. The lowest BCUT2D eigenvalue weighted by Crippen LogP contribution is -2.53. The number of aromatic nitrogens is 2. The van der Waals surface area contributed by atoms with Crippen LogP contribution >= 0.6 is 0 Å². The number of imidazole rings is 1. The Morgan fingerprint density at radius 1 is 1.50 bits per heavy atom. The van der Waals surface area contributed by atoms with Crippen LogP contribution in [-0.2, 0) is 4.74 Å². The SMILES string of the molecule is O=C(O)NCC12CC(COc3ccc4nccn4c3)(CO1)C2. The molecule has 22 heavy (non-hydrogen) atoms. The van der Waals surface area contributed by atoms with Gasteiger partial charge in [-0.2, -0.15) is 0 Å². The number of hydrogen-bond acceptors (Lipinski definition) is 4. The first kappa shape index (κ1) is 13.4. The van der Waals surface area contributed by atoms with Gasteiger partial charge < -0.3 is 24.3 Å². The highest BCUT2D eigenvalue weighted by atomic mass is 16.5. The highest BCUT2D eigenvalue weighted by Gasteiger charge is 2.62. The summed E-state index contributed by atoms with van der Waals surface area (Å²) < 4.78 is 13.6. The van der Waals surface area contributed by atoms with E-state index in [4.69, 9.17) is 14.6 Å². The Labute approximate surface area is 126 Å². The summed E-state index contributed by atoms with van der Waals surface area (Å²) in [6.45, 7) is 1.56. The maximum Gasteiger partial charge on any atom is 0.404 e. The molecular formula is C15H17N3O4. The third-order valence-electron chi connectivity index (χ3n) is 4.55. The first-order valence-corrected chi connectivity index (χ1v) is 7.25. The van der Waals surface area contributed by atoms with E-state index in [1.54, 1.807) is 6.20 Å². The maximum absolute atomic E-state index is 10.6. The average Bonchev–Trinajstić information content (AvgIpc) is 3.15. The lowest BCUT2D eigenvalue weighted by molar-refractivity contribution is -0.0227. The number of carboxylic acid groups (broad SMARTS) is 1. The van der Waals surface area contributed by atoms with E-state index >= 15 is 0 Å². The Morgan fingerprint density at radius 2 is 2.36 bits per heavy atom. The number of nitrogens with one attached hydrogen (secondary N) is 1. The standard InChI is InChI=1S/C15H17N3O4/c19-13(20)17-8-15-6-14(7-15,10-22-15)9-21-11-1-2-12-16-3-4-18(12)5-11/h1-5,17H,6-10H2,(H,19,20). The van der Waals surface area contributed by atoms with Gasteiger partial charge in [-0.15, -0.1) is 0 Å². The van der Waals surface area contributed by atoms with Gasteiger partial charge in [-0.1, -0.05) is 0 Å². The van der Waals surface area contributed by atoms with E-state index in [2.05, 4.69) is 10.3 Å². The van der Waals surface area contributed by atoms with E-state index < -0.39 is 6.09 Å². The van der Waals surface area contributed by atoms with Crippen LogP contribution in [0.3, 0.4) is 0 Å². The summed E-state index contributed by atoms with van der Waals surface area (Å²) in [5.74, 6) is 0.799. The Hall–Kier alpha value is -2.28. The molecule has 3 fully saturated rings. The monoisotopic (exact) mass is 303 g/mol. The molecule has 0 radical (unpaired) electrons. The lowest BCUT2D eigenvalue weighted by Gasteiger charge is -2.44. The van der Waals surface area contributed by atoms with Crippen LogP contribution in [0.2, 0.25) is 0 Å². The molecule has 1 saturated carbocycles. The van der Waals surface area contributed by atoms with Crippen LogP contribution in [0.5, 0.6) is 5.75 Å². The van der Waals surface area contributed by atoms with Crippen molar-refractivity contribution in [1.82, 2.24) is 14.7 Å². The normalized spacial score (nSPS) is 29.3. The number of rotatable bonds is 5. The van der Waals surface area contributed by atoms with Crippen molar-refractivity contribution in [1.29, 1.82) is 0 Å². The van der Waals surface area contributed by atoms with E-state index in [9.17, 15) is 4.79 Å². The van der Waals surface area contributed by atoms with Gasteiger partial charge >= 0.3 is 6.09 Å². The fraction of sp³-hybridized carbons (Fsp3) is 0.467. The van der Waals surface area contributed by atoms with Gasteiger partial charge in [0.25, 0.3) is 0 Å². The number of ether oxygens (including phenoxy) is 2. The summed E-state index contributed by atoms with van der Waals surface area (Å²) in [7, 11) is 0. The predicted molar refractivity (Wildman–Crippen MR) is 77.1 cm³/mol. The molecule has 7 heteroatoms. The first-order chi connectivity index (χ1) is 10.6. The van der Waals surface area contributed by atoms with Gasteiger partial charge in [-0.3, -0.25) is 0 Å². The molecule has 2 saturated heterocycles. The van der Waals surface area contributed by atoms with Gasteiger partial charge in [0.15, 0.2) is 0 Å². The van der Waals surface area contributed by atoms with Crippen LogP contribution in [0.25, 0.3) is 5.65 Å². The molecule has 3 aliphatic rings. The fourth-order valence-corrected chi connectivity index (χ4v) is 3.60. The molecule has 0 atom stereocenters. The zero-order valence-electron chi connectivity index (χ0n) is 12.0. The van der Waals surface area contributed by atoms with Crippen LogP contribution in [0.1, 0.15) is 12.8 Å². The number of carbonyl (C=O) groups is 1. The zero-order chi connectivity index (χ0) is 15.2. The van der Waals surface area contributed by atoms with Crippen molar-refractivity contribution in [2.75, 3.05) is 19.8 Å². The molecule has 2 N–H and O–H groups in total. The van der Waals surface area contributed by atoms with Crippen molar-refractivity contribution in [2.45, 2.75) is 18.4 Å². The van der Waals surface area contributed by atoms with Crippen LogP contribution < -0.4 is 10.1 Å². The first-order valence-electron chi connectivity index (χ1n) is 7.25. The van der Waals surface area contributed by atoms with Gasteiger partial charge in [0.1, 0.15) is 11.4 Å². The summed E-state index contributed by atoms with van der Waals surface area (Å²) in [4.78, 5) is 14.8. The molecule has 1 amide bonds. The second-order valence-corrected chi connectivity index (χ2v) is 6.33. The maximum atomic E-state index is 10.6. The average molecular weight is 303 g/mol. The second-order valence-electron chi connectivity index (χ2n) is 6.33. The molecule has 2 aliphatic heterocycles. The molecular weight excluding hydrogens is 286 g/mol. The number of hydrogen-bond donors (Lipinski definition) is 2. The minimum atomic E-state index is -1.01. The highest BCUT2D eigenvalue weighted by Crippen LogP contribution is 2.57. The lowest BCUT2D eigenvalue weighted by atomic mass is 9.63. The van der Waals surface area contributed by atoms with E-state index in [0.717, 1.165) is 24.2 Å². The van der Waals surface area contributed by atoms with Crippen molar-refractivity contribution >= 4 is 11.7 Å². The number of fused-ring (bicyclic) bond motifs is 2. The summed E-state index contributed by atoms with van der Waals surface area (Å²) in [6, 6.07) is 3.83. The summed E-state index contributed by atoms with van der Waals surface area (Å²) in [5.41, 5.74) is 0.581. The Balaban J connectivity index is 1.36. The quantitative estimate of drug-likeness (QED) is 0.875. The van der Waals surface area contributed by atoms with Crippen molar-refractivity contribution in [2.24, 2.45) is 5.41 Å². The van der Waals surface area contributed by atoms with Crippen LogP contribution in [-0.4, -0.2) is 45.9 Å². The molecule has 7 nitrogen and oxygen atoms in total. The summed E-state index contributed by atoms with van der Waals surface area (Å²) >= 11 is 0. The van der Waals surface area contributed by atoms with Crippen molar-refractivity contribution in [3.05, 3.63) is 30.7 Å². The molecule has 2 aromatic heterocycles. The van der Waals surface area contributed by atoms with Gasteiger partial charge in [0.2, 0.25) is 0 Å². The van der Waals surface area contributed by atoms with Gasteiger partial charge in [-0.25, -0.2) is 9.78 Å². The molecule has 116 valence electrons. The highest BCUT2D eigenvalue weighted by molar-refractivity contribution is 5.64. The number of amides is 1. The largest absolute Gasteiger partial charge is 0.491 e. The van der Waals surface area contributed by atoms with Gasteiger partial charge in [0.05, 0.1) is 25.0 Å². The van der Waals surface area contributed by atoms with Crippen molar-refractivity contribution in [3.63, 3.8) is 0 Å². The minimum absolute atomic E-state index is 0.0179. The number of nitrogens with zero attached hydrogens (tertiary/aromatic N) is 2. The Bertz CT molecular complexity index is 720. The summed E-state index contributed by atoms with van der Waals surface area (Å²) in [6.07, 6.45) is 6.21. The van der Waals surface area contributed by atoms with Gasteiger partial charge in [0, 0.05) is 24.4 Å². The summed E-state index contributed by atoms with van der Waals surface area (Å²) in [5, 5.41) is 11.1. The Morgan fingerprint density at radius 3 is 3.18 bits per heavy atom.